The van der Waals surface area contributed by atoms with Crippen LogP contribution in [0.25, 0.3) is 0 Å². The van der Waals surface area contributed by atoms with E-state index in [2.05, 4.69) is 0 Å². The Labute approximate surface area is 78.2 Å². The lowest BCUT2D eigenvalue weighted by Crippen LogP contribution is -2.08. The fraction of sp³-hybridized carbons (Fsp3) is 0.111. The molecule has 0 aromatic heterocycles. The van der Waals surface area contributed by atoms with Crippen LogP contribution >= 0.6 is 12.4 Å². The third-order valence-corrected chi connectivity index (χ3v) is 1.41. The van der Waals surface area contributed by atoms with Crippen LogP contribution < -0.4 is 5.73 Å². The molecule has 0 aliphatic rings. The maximum Gasteiger partial charge on any atom is 0.155 e. The summed E-state index contributed by atoms with van der Waals surface area (Å²) in [4.78, 5) is 10.8. The van der Waals surface area contributed by atoms with Crippen molar-refractivity contribution in [1.29, 1.82) is 0 Å². The SMILES string of the molecule is Cl.N[CH]C(=O)Cc1ccccc1. The minimum absolute atomic E-state index is 0. The first-order chi connectivity index (χ1) is 5.33. The molecule has 1 aromatic rings. The van der Waals surface area contributed by atoms with Crippen molar-refractivity contribution in [3.05, 3.63) is 42.4 Å². The second-order valence-corrected chi connectivity index (χ2v) is 2.30. The lowest BCUT2D eigenvalue weighted by Gasteiger charge is -1.95. The summed E-state index contributed by atoms with van der Waals surface area (Å²) in [5.41, 5.74) is 6.04. The highest BCUT2D eigenvalue weighted by Crippen LogP contribution is 1.99. The van der Waals surface area contributed by atoms with Gasteiger partial charge in [0.2, 0.25) is 0 Å². The highest BCUT2D eigenvalue weighted by molar-refractivity contribution is 5.87. The third-order valence-electron chi connectivity index (χ3n) is 1.41. The molecule has 1 rings (SSSR count). The molecule has 0 atom stereocenters. The lowest BCUT2D eigenvalue weighted by molar-refractivity contribution is -0.115. The van der Waals surface area contributed by atoms with Gasteiger partial charge >= 0.3 is 0 Å². The van der Waals surface area contributed by atoms with Crippen molar-refractivity contribution >= 4 is 18.2 Å². The second-order valence-electron chi connectivity index (χ2n) is 2.30. The number of hydrogen-bond donors (Lipinski definition) is 1. The molecule has 2 nitrogen and oxygen atoms in total. The van der Waals surface area contributed by atoms with Crippen molar-refractivity contribution in [3.63, 3.8) is 0 Å². The smallest absolute Gasteiger partial charge is 0.155 e. The fourth-order valence-corrected chi connectivity index (χ4v) is 0.856. The van der Waals surface area contributed by atoms with E-state index in [1.54, 1.807) is 0 Å². The Bertz CT molecular complexity index is 236. The Hall–Kier alpha value is -0.860. The van der Waals surface area contributed by atoms with Crippen LogP contribution in [0.1, 0.15) is 5.56 Å². The predicted octanol–water partition coefficient (Wildman–Crippen LogP) is 1.34. The largest absolute Gasteiger partial charge is 0.320 e. The summed E-state index contributed by atoms with van der Waals surface area (Å²) >= 11 is 0. The lowest BCUT2D eigenvalue weighted by atomic mass is 10.1. The van der Waals surface area contributed by atoms with Gasteiger partial charge in [-0.2, -0.15) is 0 Å². The van der Waals surface area contributed by atoms with E-state index >= 15 is 0 Å². The van der Waals surface area contributed by atoms with Crippen LogP contribution in [0.15, 0.2) is 30.3 Å². The predicted molar refractivity (Wildman–Crippen MR) is 50.9 cm³/mol. The van der Waals surface area contributed by atoms with Crippen molar-refractivity contribution in [2.75, 3.05) is 0 Å². The standard InChI is InChI=1S/C9H10NO.ClH/c10-7-9(11)6-8-4-2-1-3-5-8;/h1-5,7H,6,10H2;1H. The molecular formula is C9H11ClNO. The number of halogens is 1. The number of hydrogen-bond acceptors (Lipinski definition) is 2. The number of carbonyl (C=O) groups excluding carboxylic acids is 1. The van der Waals surface area contributed by atoms with Gasteiger partial charge in [0.05, 0.1) is 6.54 Å². The zero-order chi connectivity index (χ0) is 8.10. The quantitative estimate of drug-likeness (QED) is 0.771. The molecule has 0 saturated carbocycles. The molecule has 1 radical (unpaired) electrons. The average Bonchev–Trinajstić information content (AvgIpc) is 2.06. The van der Waals surface area contributed by atoms with E-state index in [0.717, 1.165) is 12.1 Å². The first-order valence-electron chi connectivity index (χ1n) is 3.44. The molecule has 12 heavy (non-hydrogen) atoms. The molecule has 0 bridgehead atoms. The molecule has 0 fully saturated rings. The summed E-state index contributed by atoms with van der Waals surface area (Å²) in [6.07, 6.45) is 0.400. The van der Waals surface area contributed by atoms with Gasteiger partial charge in [-0.25, -0.2) is 0 Å². The van der Waals surface area contributed by atoms with Gasteiger partial charge in [0.25, 0.3) is 0 Å². The molecule has 0 saturated heterocycles. The molecular weight excluding hydrogens is 174 g/mol. The maximum atomic E-state index is 10.8. The topological polar surface area (TPSA) is 43.1 Å². The van der Waals surface area contributed by atoms with Gasteiger partial charge in [-0.3, -0.25) is 4.79 Å². The number of rotatable bonds is 3. The van der Waals surface area contributed by atoms with Gasteiger partial charge < -0.3 is 5.73 Å². The van der Waals surface area contributed by atoms with Gasteiger partial charge in [-0.05, 0) is 5.56 Å². The van der Waals surface area contributed by atoms with Crippen LogP contribution in [0, 0.1) is 6.54 Å². The summed E-state index contributed by atoms with van der Waals surface area (Å²) in [5.74, 6) is -0.0452. The summed E-state index contributed by atoms with van der Waals surface area (Å²) in [7, 11) is 0. The molecule has 0 amide bonds. The van der Waals surface area contributed by atoms with Crippen molar-refractivity contribution in [2.24, 2.45) is 5.73 Å². The van der Waals surface area contributed by atoms with E-state index in [-0.39, 0.29) is 18.2 Å². The highest BCUT2D eigenvalue weighted by atomic mass is 35.5. The van der Waals surface area contributed by atoms with Crippen molar-refractivity contribution in [1.82, 2.24) is 0 Å². The van der Waals surface area contributed by atoms with Gasteiger partial charge in [0.1, 0.15) is 0 Å². The van der Waals surface area contributed by atoms with Crippen LogP contribution in [0.4, 0.5) is 0 Å². The number of nitrogens with two attached hydrogens (primary N) is 1. The summed E-state index contributed by atoms with van der Waals surface area (Å²) in [6.45, 7) is 1.10. The molecule has 3 heteroatoms. The molecule has 0 spiro atoms. The van der Waals surface area contributed by atoms with Crippen molar-refractivity contribution in [3.8, 4) is 0 Å². The van der Waals surface area contributed by atoms with Crippen molar-refractivity contribution < 1.29 is 4.79 Å². The molecule has 0 unspecified atom stereocenters. The molecule has 0 heterocycles. The van der Waals surface area contributed by atoms with Gasteiger partial charge in [-0.15, -0.1) is 12.4 Å². The van der Waals surface area contributed by atoms with E-state index in [1.165, 1.54) is 0 Å². The number of ketones is 1. The summed E-state index contributed by atoms with van der Waals surface area (Å²) in [6, 6.07) is 9.53. The average molecular weight is 185 g/mol. The zero-order valence-corrected chi connectivity index (χ0v) is 7.38. The van der Waals surface area contributed by atoms with Crippen LogP contribution in [0.2, 0.25) is 0 Å². The summed E-state index contributed by atoms with van der Waals surface area (Å²) in [5, 5.41) is 0. The number of carbonyl (C=O) groups is 1. The first-order valence-corrected chi connectivity index (χ1v) is 3.44. The van der Waals surface area contributed by atoms with Gasteiger partial charge in [0, 0.05) is 6.42 Å². The van der Waals surface area contributed by atoms with E-state index < -0.39 is 0 Å². The minimum Gasteiger partial charge on any atom is -0.320 e. The van der Waals surface area contributed by atoms with Gasteiger partial charge in [0.15, 0.2) is 5.78 Å². The number of Topliss-reactive ketones (excluding diaryl/α,β-unsaturated/α-hetero) is 1. The fourth-order valence-electron chi connectivity index (χ4n) is 0.856. The second kappa shape index (κ2) is 5.75. The van der Waals surface area contributed by atoms with E-state index in [1.807, 2.05) is 30.3 Å². The van der Waals surface area contributed by atoms with Crippen LogP contribution in [-0.2, 0) is 11.2 Å². The van der Waals surface area contributed by atoms with Crippen molar-refractivity contribution in [2.45, 2.75) is 6.42 Å². The van der Waals surface area contributed by atoms with E-state index in [9.17, 15) is 4.79 Å². The highest BCUT2D eigenvalue weighted by Gasteiger charge is 1.99. The zero-order valence-electron chi connectivity index (χ0n) is 6.57. The maximum absolute atomic E-state index is 10.8. The van der Waals surface area contributed by atoms with Gasteiger partial charge in [-0.1, -0.05) is 30.3 Å². The van der Waals surface area contributed by atoms with Crippen LogP contribution in [0.5, 0.6) is 0 Å². The monoisotopic (exact) mass is 184 g/mol. The van der Waals surface area contributed by atoms with E-state index in [4.69, 9.17) is 5.73 Å². The Morgan fingerprint density at radius 2 is 1.92 bits per heavy atom. The molecule has 2 N–H and O–H groups in total. The third kappa shape index (κ3) is 3.51. The minimum atomic E-state index is -0.0452. The first kappa shape index (κ1) is 11.1. The normalized spacial score (nSPS) is 8.75. The molecule has 1 aromatic carbocycles. The van der Waals surface area contributed by atoms with Crippen LogP contribution in [0.3, 0.4) is 0 Å². The Morgan fingerprint density at radius 3 is 2.42 bits per heavy atom. The molecule has 0 aliphatic heterocycles. The Balaban J connectivity index is 0.00000121. The number of benzene rings is 1. The van der Waals surface area contributed by atoms with E-state index in [0.29, 0.717) is 6.42 Å². The summed E-state index contributed by atoms with van der Waals surface area (Å²) < 4.78 is 0. The molecule has 0 aliphatic carbocycles. The van der Waals surface area contributed by atoms with Crippen LogP contribution in [-0.4, -0.2) is 5.78 Å². The Kier molecular flexibility index (Phi) is 5.34. The Morgan fingerprint density at radius 1 is 1.33 bits per heavy atom. The molecule has 65 valence electrons.